The van der Waals surface area contributed by atoms with Gasteiger partial charge in [0.2, 0.25) is 0 Å². The number of carbonyl (C=O) groups is 1. The number of amides is 1. The van der Waals surface area contributed by atoms with E-state index in [2.05, 4.69) is 19.9 Å². The summed E-state index contributed by atoms with van der Waals surface area (Å²) in [6.45, 7) is 1.34. The lowest BCUT2D eigenvalue weighted by molar-refractivity contribution is 0.0770. The van der Waals surface area contributed by atoms with Gasteiger partial charge in [-0.3, -0.25) is 9.48 Å². The monoisotopic (exact) mass is 275 g/mol. The molecule has 0 atom stereocenters. The van der Waals surface area contributed by atoms with Crippen LogP contribution in [0.25, 0.3) is 0 Å². The van der Waals surface area contributed by atoms with Crippen molar-refractivity contribution >= 4 is 11.6 Å². The highest BCUT2D eigenvalue weighted by molar-refractivity contribution is 5.97. The minimum atomic E-state index is -0.169. The molecule has 0 aromatic carbocycles. The van der Waals surface area contributed by atoms with Crippen LogP contribution in [0.15, 0.2) is 6.20 Å². The number of hydrogen-bond acceptors (Lipinski definition) is 5. The van der Waals surface area contributed by atoms with Crippen LogP contribution in [0.3, 0.4) is 0 Å². The van der Waals surface area contributed by atoms with Crippen LogP contribution < -0.4 is 5.73 Å². The molecule has 0 radical (unpaired) electrons. The van der Waals surface area contributed by atoms with E-state index in [0.717, 1.165) is 31.0 Å². The molecule has 20 heavy (non-hydrogen) atoms. The third kappa shape index (κ3) is 1.93. The number of carbonyl (C=O) groups excluding carboxylic acids is 1. The van der Waals surface area contributed by atoms with Gasteiger partial charge in [-0.05, 0) is 6.42 Å². The lowest BCUT2D eigenvalue weighted by Gasteiger charge is -2.17. The Bertz CT molecular complexity index is 637. The minimum absolute atomic E-state index is 0.169. The lowest BCUT2D eigenvalue weighted by Crippen LogP contribution is -2.30. The van der Waals surface area contributed by atoms with Crippen molar-refractivity contribution < 1.29 is 4.79 Å². The van der Waals surface area contributed by atoms with Crippen molar-refractivity contribution in [1.29, 1.82) is 0 Å². The van der Waals surface area contributed by atoms with Crippen LogP contribution in [0.5, 0.6) is 0 Å². The van der Waals surface area contributed by atoms with Crippen LogP contribution in [-0.4, -0.2) is 42.4 Å². The standard InChI is InChI=1S/C12H17N7O/c1-17(12(20)11-8(13)6-14-18(11)2)7-10-16-15-9-4-3-5-19(9)10/h6H,3-5,7,13H2,1-2H3. The highest BCUT2D eigenvalue weighted by Gasteiger charge is 2.23. The first kappa shape index (κ1) is 12.6. The molecule has 106 valence electrons. The maximum atomic E-state index is 12.4. The van der Waals surface area contributed by atoms with Crippen LogP contribution >= 0.6 is 0 Å². The predicted molar refractivity (Wildman–Crippen MR) is 71.8 cm³/mol. The van der Waals surface area contributed by atoms with Gasteiger partial charge >= 0.3 is 0 Å². The van der Waals surface area contributed by atoms with Gasteiger partial charge in [0.15, 0.2) is 5.82 Å². The van der Waals surface area contributed by atoms with Crippen LogP contribution in [-0.2, 0) is 26.6 Å². The molecule has 0 bridgehead atoms. The summed E-state index contributed by atoms with van der Waals surface area (Å²) in [5.41, 5.74) is 6.56. The summed E-state index contributed by atoms with van der Waals surface area (Å²) >= 11 is 0. The van der Waals surface area contributed by atoms with E-state index in [1.54, 1.807) is 19.0 Å². The van der Waals surface area contributed by atoms with Gasteiger partial charge in [-0.25, -0.2) is 0 Å². The zero-order valence-electron chi connectivity index (χ0n) is 11.6. The van der Waals surface area contributed by atoms with Crippen LogP contribution in [0.1, 0.15) is 28.6 Å². The molecule has 3 rings (SSSR count). The number of hydrogen-bond donors (Lipinski definition) is 1. The number of nitrogen functional groups attached to an aromatic ring is 1. The Kier molecular flexibility index (Phi) is 2.92. The molecule has 0 fully saturated rings. The SMILES string of the molecule is CN(Cc1nnc2n1CCC2)C(=O)c1c(N)cnn1C. The molecule has 8 heteroatoms. The van der Waals surface area contributed by atoms with E-state index in [-0.39, 0.29) is 5.91 Å². The van der Waals surface area contributed by atoms with E-state index in [0.29, 0.717) is 17.9 Å². The van der Waals surface area contributed by atoms with E-state index in [1.807, 2.05) is 0 Å². The summed E-state index contributed by atoms with van der Waals surface area (Å²) in [7, 11) is 3.43. The Morgan fingerprint density at radius 2 is 2.30 bits per heavy atom. The zero-order chi connectivity index (χ0) is 14.3. The van der Waals surface area contributed by atoms with Gasteiger partial charge in [0, 0.05) is 27.1 Å². The fraction of sp³-hybridized carbons (Fsp3) is 0.500. The van der Waals surface area contributed by atoms with Crippen molar-refractivity contribution in [2.45, 2.75) is 25.9 Å². The molecule has 8 nitrogen and oxygen atoms in total. The number of anilines is 1. The smallest absolute Gasteiger partial charge is 0.274 e. The van der Waals surface area contributed by atoms with Gasteiger partial charge in [-0.1, -0.05) is 0 Å². The average molecular weight is 275 g/mol. The first-order valence-electron chi connectivity index (χ1n) is 6.52. The number of aryl methyl sites for hydroxylation is 2. The Morgan fingerprint density at radius 1 is 1.50 bits per heavy atom. The minimum Gasteiger partial charge on any atom is -0.396 e. The van der Waals surface area contributed by atoms with Crippen molar-refractivity contribution in [3.8, 4) is 0 Å². The fourth-order valence-corrected chi connectivity index (χ4v) is 2.51. The van der Waals surface area contributed by atoms with Crippen molar-refractivity contribution in [3.05, 3.63) is 23.5 Å². The maximum Gasteiger partial charge on any atom is 0.274 e. The molecule has 0 spiro atoms. The molecule has 3 heterocycles. The van der Waals surface area contributed by atoms with E-state index in [9.17, 15) is 4.79 Å². The van der Waals surface area contributed by atoms with Gasteiger partial charge in [0.05, 0.1) is 18.4 Å². The Labute approximate surface area is 116 Å². The highest BCUT2D eigenvalue weighted by atomic mass is 16.2. The average Bonchev–Trinajstić information content (AvgIpc) is 3.08. The fourth-order valence-electron chi connectivity index (χ4n) is 2.51. The molecule has 1 amide bonds. The number of fused-ring (bicyclic) bond motifs is 1. The van der Waals surface area contributed by atoms with E-state index >= 15 is 0 Å². The topological polar surface area (TPSA) is 94.9 Å². The van der Waals surface area contributed by atoms with Gasteiger partial charge in [0.25, 0.3) is 5.91 Å². The van der Waals surface area contributed by atoms with Gasteiger partial charge < -0.3 is 15.2 Å². The molecule has 1 aliphatic rings. The van der Waals surface area contributed by atoms with Crippen LogP contribution in [0, 0.1) is 0 Å². The second kappa shape index (κ2) is 4.62. The molecule has 1 aliphatic heterocycles. The number of nitrogens with two attached hydrogens (primary N) is 1. The third-order valence-electron chi connectivity index (χ3n) is 3.58. The summed E-state index contributed by atoms with van der Waals surface area (Å²) in [5.74, 6) is 1.65. The van der Waals surface area contributed by atoms with E-state index in [4.69, 9.17) is 5.73 Å². The first-order chi connectivity index (χ1) is 9.58. The summed E-state index contributed by atoms with van der Waals surface area (Å²) in [4.78, 5) is 14.0. The van der Waals surface area contributed by atoms with Gasteiger partial charge in [-0.2, -0.15) is 5.10 Å². The Balaban J connectivity index is 1.79. The summed E-state index contributed by atoms with van der Waals surface area (Å²) in [5, 5.41) is 12.3. The highest BCUT2D eigenvalue weighted by Crippen LogP contribution is 2.17. The summed E-state index contributed by atoms with van der Waals surface area (Å²) < 4.78 is 3.57. The van der Waals surface area contributed by atoms with Crippen molar-refractivity contribution in [3.63, 3.8) is 0 Å². The molecule has 2 aromatic rings. The van der Waals surface area contributed by atoms with Crippen molar-refractivity contribution in [2.75, 3.05) is 12.8 Å². The molecule has 0 unspecified atom stereocenters. The quantitative estimate of drug-likeness (QED) is 0.838. The lowest BCUT2D eigenvalue weighted by atomic mass is 10.3. The molecular weight excluding hydrogens is 258 g/mol. The number of aromatic nitrogens is 5. The second-order valence-corrected chi connectivity index (χ2v) is 5.02. The van der Waals surface area contributed by atoms with Crippen LogP contribution in [0.2, 0.25) is 0 Å². The Hall–Kier alpha value is -2.38. The summed E-state index contributed by atoms with van der Waals surface area (Å²) in [6, 6.07) is 0. The molecule has 0 saturated carbocycles. The van der Waals surface area contributed by atoms with E-state index < -0.39 is 0 Å². The normalized spacial score (nSPS) is 13.5. The largest absolute Gasteiger partial charge is 0.396 e. The van der Waals surface area contributed by atoms with Crippen molar-refractivity contribution in [2.24, 2.45) is 7.05 Å². The van der Waals surface area contributed by atoms with E-state index in [1.165, 1.54) is 10.9 Å². The zero-order valence-corrected chi connectivity index (χ0v) is 11.6. The molecule has 0 aliphatic carbocycles. The third-order valence-corrected chi connectivity index (χ3v) is 3.58. The van der Waals surface area contributed by atoms with Crippen molar-refractivity contribution in [1.82, 2.24) is 29.4 Å². The Morgan fingerprint density at radius 3 is 3.00 bits per heavy atom. The molecule has 2 N–H and O–H groups in total. The second-order valence-electron chi connectivity index (χ2n) is 5.02. The number of nitrogens with zero attached hydrogens (tertiary/aromatic N) is 6. The molecule has 2 aromatic heterocycles. The van der Waals surface area contributed by atoms with Gasteiger partial charge in [0.1, 0.15) is 11.5 Å². The first-order valence-corrected chi connectivity index (χ1v) is 6.52. The maximum absolute atomic E-state index is 12.4. The molecular formula is C12H17N7O. The number of rotatable bonds is 3. The predicted octanol–water partition coefficient (Wildman–Crippen LogP) is -0.188. The van der Waals surface area contributed by atoms with Gasteiger partial charge in [-0.15, -0.1) is 10.2 Å². The van der Waals surface area contributed by atoms with Crippen LogP contribution in [0.4, 0.5) is 5.69 Å². The summed E-state index contributed by atoms with van der Waals surface area (Å²) in [6.07, 6.45) is 3.53. The molecule has 0 saturated heterocycles.